The van der Waals surface area contributed by atoms with Crippen LogP contribution in [0.4, 0.5) is 5.69 Å². The molecular weight excluding hydrogens is 312 g/mol. The Morgan fingerprint density at radius 1 is 1.26 bits per heavy atom. The number of nitrogens with one attached hydrogen (secondary N) is 1. The summed E-state index contributed by atoms with van der Waals surface area (Å²) in [4.78, 5) is 21.2. The number of amides is 1. The molecule has 0 aromatic heterocycles. The second-order valence-electron chi connectivity index (χ2n) is 4.97. The van der Waals surface area contributed by atoms with E-state index in [-0.39, 0.29) is 11.4 Å². The number of nitro groups is 1. The molecule has 1 fully saturated rings. The topological polar surface area (TPSA) is 151 Å². The molecule has 0 aliphatic carbocycles. The van der Waals surface area contributed by atoms with Gasteiger partial charge < -0.3 is 30.1 Å². The Labute approximate surface area is 130 Å². The number of benzene rings is 1. The van der Waals surface area contributed by atoms with Crippen molar-refractivity contribution in [2.24, 2.45) is 0 Å². The number of aliphatic hydroxyl groups excluding tert-OH is 3. The lowest BCUT2D eigenvalue weighted by Crippen LogP contribution is -2.64. The highest BCUT2D eigenvalue weighted by Gasteiger charge is 2.45. The van der Waals surface area contributed by atoms with Crippen molar-refractivity contribution in [2.45, 2.75) is 37.8 Å². The van der Waals surface area contributed by atoms with E-state index in [1.807, 2.05) is 0 Å². The van der Waals surface area contributed by atoms with Crippen LogP contribution in [0.2, 0.25) is 0 Å². The lowest BCUT2D eigenvalue weighted by atomic mass is 10.0. The van der Waals surface area contributed by atoms with E-state index in [0.29, 0.717) is 0 Å². The van der Waals surface area contributed by atoms with Crippen molar-refractivity contribution < 1.29 is 34.5 Å². The summed E-state index contributed by atoms with van der Waals surface area (Å²) in [6.07, 6.45) is -6.15. The highest BCUT2D eigenvalue weighted by Crippen LogP contribution is 2.25. The number of hydrogen-bond donors (Lipinski definition) is 4. The summed E-state index contributed by atoms with van der Waals surface area (Å²) < 4.78 is 10.4. The van der Waals surface area contributed by atoms with Crippen molar-refractivity contribution in [1.29, 1.82) is 0 Å². The number of carbonyl (C=O) groups is 1. The van der Waals surface area contributed by atoms with Crippen molar-refractivity contribution >= 4 is 11.6 Å². The maximum absolute atomic E-state index is 11.2. The molecule has 0 bridgehead atoms. The van der Waals surface area contributed by atoms with Crippen LogP contribution >= 0.6 is 0 Å². The molecule has 1 aromatic rings. The maximum Gasteiger partial charge on any atom is 0.269 e. The minimum absolute atomic E-state index is 0.143. The lowest BCUT2D eigenvalue weighted by Gasteiger charge is -2.40. The van der Waals surface area contributed by atoms with Crippen LogP contribution in [0.5, 0.6) is 5.75 Å². The molecule has 126 valence electrons. The van der Waals surface area contributed by atoms with Crippen molar-refractivity contribution in [2.75, 3.05) is 0 Å². The van der Waals surface area contributed by atoms with Gasteiger partial charge in [-0.15, -0.1) is 0 Å². The molecule has 5 unspecified atom stereocenters. The molecular formula is C13H16N2O8. The minimum atomic E-state index is -1.71. The fourth-order valence-corrected chi connectivity index (χ4v) is 2.11. The van der Waals surface area contributed by atoms with E-state index in [2.05, 4.69) is 5.32 Å². The van der Waals surface area contributed by atoms with E-state index in [4.69, 9.17) is 9.47 Å². The third kappa shape index (κ3) is 3.93. The quantitative estimate of drug-likeness (QED) is 0.400. The second kappa shape index (κ2) is 6.87. The Bertz CT molecular complexity index is 578. The second-order valence-corrected chi connectivity index (χ2v) is 4.97. The Kier molecular flexibility index (Phi) is 5.11. The van der Waals surface area contributed by atoms with Gasteiger partial charge >= 0.3 is 0 Å². The summed E-state index contributed by atoms with van der Waals surface area (Å²) in [5.74, 6) is -0.342. The van der Waals surface area contributed by atoms with Gasteiger partial charge in [0.05, 0.1) is 4.92 Å². The molecule has 2 rings (SSSR count). The van der Waals surface area contributed by atoms with Gasteiger partial charge in [0.25, 0.3) is 5.69 Å². The van der Waals surface area contributed by atoms with Crippen molar-refractivity contribution in [3.8, 4) is 5.75 Å². The summed E-state index contributed by atoms with van der Waals surface area (Å²) in [5.41, 5.74) is -0.143. The number of aliphatic hydroxyl groups is 3. The average Bonchev–Trinajstić information content (AvgIpc) is 2.49. The van der Waals surface area contributed by atoms with Crippen LogP contribution in [0.1, 0.15) is 6.92 Å². The Morgan fingerprint density at radius 3 is 2.39 bits per heavy atom. The van der Waals surface area contributed by atoms with Gasteiger partial charge in [0.2, 0.25) is 12.2 Å². The highest BCUT2D eigenvalue weighted by molar-refractivity contribution is 5.73. The lowest BCUT2D eigenvalue weighted by molar-refractivity contribution is -0.384. The number of hydrogen-bond acceptors (Lipinski definition) is 8. The molecule has 0 saturated carbocycles. The molecule has 23 heavy (non-hydrogen) atoms. The molecule has 4 N–H and O–H groups in total. The van der Waals surface area contributed by atoms with Gasteiger partial charge in [-0.3, -0.25) is 14.9 Å². The fourth-order valence-electron chi connectivity index (χ4n) is 2.11. The molecule has 5 atom stereocenters. The SMILES string of the molecule is CC(=O)NC1C(Oc2ccc([N+](=O)[O-])cc2)OC(O)C(O)C1O. The van der Waals surface area contributed by atoms with Crippen LogP contribution in [-0.4, -0.2) is 57.0 Å². The van der Waals surface area contributed by atoms with Crippen LogP contribution in [0.15, 0.2) is 24.3 Å². The Morgan fingerprint density at radius 2 is 1.87 bits per heavy atom. The van der Waals surface area contributed by atoms with Crippen LogP contribution < -0.4 is 10.1 Å². The summed E-state index contributed by atoms with van der Waals surface area (Å²) >= 11 is 0. The molecule has 1 aromatic carbocycles. The molecule has 10 heteroatoms. The minimum Gasteiger partial charge on any atom is -0.462 e. The van der Waals surface area contributed by atoms with Gasteiger partial charge in [-0.05, 0) is 12.1 Å². The van der Waals surface area contributed by atoms with Crippen LogP contribution in [-0.2, 0) is 9.53 Å². The molecule has 1 aliphatic heterocycles. The zero-order chi connectivity index (χ0) is 17.1. The molecule has 1 heterocycles. The molecule has 1 aliphatic rings. The van der Waals surface area contributed by atoms with Gasteiger partial charge in [-0.2, -0.15) is 0 Å². The number of ether oxygens (including phenoxy) is 2. The van der Waals surface area contributed by atoms with E-state index >= 15 is 0 Å². The number of nitro benzene ring substituents is 1. The molecule has 1 amide bonds. The van der Waals surface area contributed by atoms with E-state index in [9.17, 15) is 30.2 Å². The van der Waals surface area contributed by atoms with Gasteiger partial charge in [-0.25, -0.2) is 0 Å². The van der Waals surface area contributed by atoms with E-state index in [1.165, 1.54) is 31.2 Å². The Balaban J connectivity index is 2.16. The standard InChI is InChI=1S/C13H16N2O8/c1-6(16)14-9-10(17)11(18)12(19)23-13(9)22-8-4-2-7(3-5-8)15(20)21/h2-5,9-13,17-19H,1H3,(H,14,16). The number of non-ortho nitro benzene ring substituents is 1. The van der Waals surface area contributed by atoms with E-state index < -0.39 is 41.7 Å². The van der Waals surface area contributed by atoms with Crippen molar-refractivity contribution in [3.63, 3.8) is 0 Å². The maximum atomic E-state index is 11.2. The average molecular weight is 328 g/mol. The zero-order valence-corrected chi connectivity index (χ0v) is 12.0. The predicted octanol–water partition coefficient (Wildman–Crippen LogP) is -1.13. The largest absolute Gasteiger partial charge is 0.462 e. The number of carbonyl (C=O) groups excluding carboxylic acids is 1. The summed E-state index contributed by atoms with van der Waals surface area (Å²) in [6, 6.07) is 3.87. The first-order valence-corrected chi connectivity index (χ1v) is 6.67. The predicted molar refractivity (Wildman–Crippen MR) is 74.2 cm³/mol. The number of nitrogens with zero attached hydrogens (tertiary/aromatic N) is 1. The van der Waals surface area contributed by atoms with Crippen LogP contribution in [0, 0.1) is 10.1 Å². The first-order chi connectivity index (χ1) is 10.8. The fraction of sp³-hybridized carbons (Fsp3) is 0.462. The molecule has 0 spiro atoms. The monoisotopic (exact) mass is 328 g/mol. The molecule has 10 nitrogen and oxygen atoms in total. The Hall–Kier alpha value is -2.27. The zero-order valence-electron chi connectivity index (χ0n) is 12.0. The van der Waals surface area contributed by atoms with Gasteiger partial charge in [0.1, 0.15) is 24.0 Å². The summed E-state index contributed by atoms with van der Waals surface area (Å²) in [5, 5.41) is 42.1. The van der Waals surface area contributed by atoms with Crippen LogP contribution in [0.25, 0.3) is 0 Å². The third-order valence-electron chi connectivity index (χ3n) is 3.25. The summed E-state index contributed by atoms with van der Waals surface area (Å²) in [7, 11) is 0. The van der Waals surface area contributed by atoms with Gasteiger partial charge in [0, 0.05) is 19.1 Å². The van der Waals surface area contributed by atoms with Gasteiger partial charge in [0.15, 0.2) is 6.29 Å². The van der Waals surface area contributed by atoms with E-state index in [1.54, 1.807) is 0 Å². The molecule has 0 radical (unpaired) electrons. The van der Waals surface area contributed by atoms with Crippen LogP contribution in [0.3, 0.4) is 0 Å². The number of rotatable bonds is 4. The smallest absolute Gasteiger partial charge is 0.269 e. The van der Waals surface area contributed by atoms with Crippen molar-refractivity contribution in [1.82, 2.24) is 5.32 Å². The third-order valence-corrected chi connectivity index (χ3v) is 3.25. The highest BCUT2D eigenvalue weighted by atomic mass is 16.7. The van der Waals surface area contributed by atoms with Crippen molar-refractivity contribution in [3.05, 3.63) is 34.4 Å². The first kappa shape index (κ1) is 17.1. The molecule has 1 saturated heterocycles. The first-order valence-electron chi connectivity index (χ1n) is 6.67. The van der Waals surface area contributed by atoms with E-state index in [0.717, 1.165) is 0 Å². The normalized spacial score (nSPS) is 30.5. The summed E-state index contributed by atoms with van der Waals surface area (Å²) in [6.45, 7) is 1.20. The van der Waals surface area contributed by atoms with Gasteiger partial charge in [-0.1, -0.05) is 0 Å².